The van der Waals surface area contributed by atoms with Gasteiger partial charge in [-0.15, -0.1) is 0 Å². The molecule has 2 aliphatic heterocycles. The van der Waals surface area contributed by atoms with Gasteiger partial charge in [0.05, 0.1) is 20.1 Å². The molecule has 0 amide bonds. The van der Waals surface area contributed by atoms with Crippen molar-refractivity contribution in [2.24, 2.45) is 0 Å². The Balaban J connectivity index is 2.05. The Labute approximate surface area is 93.7 Å². The number of hydrogen-bond donors (Lipinski definition) is 0. The lowest BCUT2D eigenvalue weighted by Gasteiger charge is -2.56. The Morgan fingerprint density at radius 1 is 1.00 bits per heavy atom. The molecule has 1 unspecified atom stereocenters. The molecule has 1 aliphatic carbocycles. The van der Waals surface area contributed by atoms with Crippen LogP contribution in [0.4, 0.5) is 0 Å². The minimum atomic E-state index is 0.530. The number of rotatable bonds is 0. The van der Waals surface area contributed by atoms with E-state index in [9.17, 15) is 0 Å². The molecule has 84 valence electrons. The van der Waals surface area contributed by atoms with E-state index in [4.69, 9.17) is 0 Å². The molecule has 1 nitrogen and oxygen atoms in total. The topological polar surface area (TPSA) is 0 Å². The molecule has 2 heterocycles. The number of fused-ring (bicyclic) bond motifs is 2. The highest BCUT2D eigenvalue weighted by molar-refractivity contribution is 5.30. The summed E-state index contributed by atoms with van der Waals surface area (Å²) in [4.78, 5) is 0. The summed E-state index contributed by atoms with van der Waals surface area (Å²) in [7, 11) is 2.52. The zero-order valence-electron chi connectivity index (χ0n) is 10.3. The first-order valence-corrected chi connectivity index (χ1v) is 6.72. The lowest BCUT2D eigenvalue weighted by molar-refractivity contribution is -0.958. The summed E-state index contributed by atoms with van der Waals surface area (Å²) in [6.07, 6.45) is 10.0. The lowest BCUT2D eigenvalue weighted by Crippen LogP contribution is -2.65. The summed E-state index contributed by atoms with van der Waals surface area (Å²) in [5.41, 5.74) is 4.27. The monoisotopic (exact) mass is 206 g/mol. The van der Waals surface area contributed by atoms with Crippen LogP contribution in [0.15, 0.2) is 11.1 Å². The SMILES string of the molecule is C[C@@]12CCCC[N+]1(C)CCC1=C2CCC1. The Hall–Kier alpha value is -0.300. The largest absolute Gasteiger partial charge is 0.318 e. The fourth-order valence-electron chi connectivity index (χ4n) is 4.40. The second kappa shape index (κ2) is 3.10. The van der Waals surface area contributed by atoms with E-state index >= 15 is 0 Å². The van der Waals surface area contributed by atoms with Gasteiger partial charge in [-0.05, 0) is 44.6 Å². The minimum Gasteiger partial charge on any atom is -0.318 e. The normalized spacial score (nSPS) is 45.2. The maximum absolute atomic E-state index is 2.56. The highest BCUT2D eigenvalue weighted by Crippen LogP contribution is 2.49. The van der Waals surface area contributed by atoms with Gasteiger partial charge >= 0.3 is 0 Å². The van der Waals surface area contributed by atoms with Crippen LogP contribution in [0.2, 0.25) is 0 Å². The zero-order chi connectivity index (χ0) is 10.5. The van der Waals surface area contributed by atoms with Crippen LogP contribution in [0.1, 0.15) is 51.9 Å². The number of hydrogen-bond acceptors (Lipinski definition) is 0. The Bertz CT molecular complexity index is 317. The molecule has 0 radical (unpaired) electrons. The van der Waals surface area contributed by atoms with Crippen LogP contribution in [0.5, 0.6) is 0 Å². The lowest BCUT2D eigenvalue weighted by atomic mass is 9.74. The van der Waals surface area contributed by atoms with E-state index in [1.54, 1.807) is 0 Å². The Kier molecular flexibility index (Phi) is 2.04. The van der Waals surface area contributed by atoms with E-state index in [2.05, 4.69) is 14.0 Å². The van der Waals surface area contributed by atoms with Gasteiger partial charge in [0, 0.05) is 12.8 Å². The first-order valence-electron chi connectivity index (χ1n) is 6.72. The quantitative estimate of drug-likeness (QED) is 0.421. The minimum absolute atomic E-state index is 0.530. The summed E-state index contributed by atoms with van der Waals surface area (Å²) in [6.45, 7) is 5.40. The maximum Gasteiger partial charge on any atom is 0.118 e. The molecule has 1 heteroatoms. The molecule has 0 N–H and O–H groups in total. The van der Waals surface area contributed by atoms with Crippen molar-refractivity contribution in [3.63, 3.8) is 0 Å². The van der Waals surface area contributed by atoms with Crippen LogP contribution in [0, 0.1) is 0 Å². The first kappa shape index (κ1) is 9.89. The molecule has 3 rings (SSSR count). The Morgan fingerprint density at radius 3 is 2.73 bits per heavy atom. The molecular formula is C14H24N+. The van der Waals surface area contributed by atoms with Crippen molar-refractivity contribution < 1.29 is 4.48 Å². The van der Waals surface area contributed by atoms with Crippen molar-refractivity contribution >= 4 is 0 Å². The molecule has 0 aromatic heterocycles. The number of nitrogens with zero attached hydrogens (tertiary/aromatic N) is 1. The van der Waals surface area contributed by atoms with Gasteiger partial charge in [0.2, 0.25) is 0 Å². The second-order valence-corrected chi connectivity index (χ2v) is 6.26. The highest BCUT2D eigenvalue weighted by Gasteiger charge is 2.52. The predicted octanol–water partition coefficient (Wildman–Crippen LogP) is 3.26. The van der Waals surface area contributed by atoms with Crippen molar-refractivity contribution in [1.29, 1.82) is 0 Å². The summed E-state index contributed by atoms with van der Waals surface area (Å²) >= 11 is 0. The van der Waals surface area contributed by atoms with Gasteiger partial charge in [-0.2, -0.15) is 0 Å². The fraction of sp³-hybridized carbons (Fsp3) is 0.857. The third-order valence-electron chi connectivity index (χ3n) is 5.65. The van der Waals surface area contributed by atoms with Crippen LogP contribution < -0.4 is 0 Å². The van der Waals surface area contributed by atoms with Gasteiger partial charge < -0.3 is 4.48 Å². The van der Waals surface area contributed by atoms with Crippen LogP contribution in [0.25, 0.3) is 0 Å². The molecule has 0 aromatic carbocycles. The molecule has 0 spiro atoms. The molecule has 2 atom stereocenters. The van der Waals surface area contributed by atoms with E-state index in [0.29, 0.717) is 5.54 Å². The standard InChI is InChI=1S/C14H24N/c1-14-9-3-4-10-15(14,2)11-8-12-6-5-7-13(12)14/h3-11H2,1-2H3/q+1/t14-,15?/m0/s1. The van der Waals surface area contributed by atoms with E-state index in [1.165, 1.54) is 62.5 Å². The van der Waals surface area contributed by atoms with E-state index < -0.39 is 0 Å². The number of likely N-dealkylation sites (N-methyl/N-ethyl adjacent to an activating group) is 1. The van der Waals surface area contributed by atoms with Gasteiger partial charge in [0.15, 0.2) is 0 Å². The van der Waals surface area contributed by atoms with Gasteiger partial charge in [0.25, 0.3) is 0 Å². The summed E-state index contributed by atoms with van der Waals surface area (Å²) < 4.78 is 1.35. The highest BCUT2D eigenvalue weighted by atomic mass is 15.4. The average molecular weight is 206 g/mol. The molecule has 15 heavy (non-hydrogen) atoms. The van der Waals surface area contributed by atoms with Gasteiger partial charge in [-0.3, -0.25) is 0 Å². The van der Waals surface area contributed by atoms with Crippen LogP contribution in [0.3, 0.4) is 0 Å². The smallest absolute Gasteiger partial charge is 0.118 e. The van der Waals surface area contributed by atoms with Crippen molar-refractivity contribution in [1.82, 2.24) is 0 Å². The molecule has 0 bridgehead atoms. The summed E-state index contributed by atoms with van der Waals surface area (Å²) in [6, 6.07) is 0. The zero-order valence-corrected chi connectivity index (χ0v) is 10.3. The molecule has 3 aliphatic rings. The number of piperidine rings is 1. The second-order valence-electron chi connectivity index (χ2n) is 6.26. The Morgan fingerprint density at radius 2 is 1.87 bits per heavy atom. The van der Waals surface area contributed by atoms with E-state index in [1.807, 2.05) is 11.1 Å². The third kappa shape index (κ3) is 1.19. The molecule has 1 saturated heterocycles. The van der Waals surface area contributed by atoms with Crippen LogP contribution in [-0.2, 0) is 0 Å². The van der Waals surface area contributed by atoms with Crippen molar-refractivity contribution in [3.05, 3.63) is 11.1 Å². The molecule has 0 saturated carbocycles. The maximum atomic E-state index is 2.56. The van der Waals surface area contributed by atoms with Gasteiger partial charge in [-0.25, -0.2) is 0 Å². The van der Waals surface area contributed by atoms with Crippen molar-refractivity contribution in [2.75, 3.05) is 20.1 Å². The molecule has 0 aromatic rings. The average Bonchev–Trinajstić information content (AvgIpc) is 2.68. The molecule has 1 fully saturated rings. The fourth-order valence-corrected chi connectivity index (χ4v) is 4.40. The summed E-state index contributed by atoms with van der Waals surface area (Å²) in [5.74, 6) is 0. The van der Waals surface area contributed by atoms with Crippen molar-refractivity contribution in [2.45, 2.75) is 57.4 Å². The van der Waals surface area contributed by atoms with Crippen LogP contribution >= 0.6 is 0 Å². The van der Waals surface area contributed by atoms with Gasteiger partial charge in [0.1, 0.15) is 5.54 Å². The summed E-state index contributed by atoms with van der Waals surface area (Å²) in [5, 5.41) is 0. The third-order valence-corrected chi connectivity index (χ3v) is 5.65. The molecular weight excluding hydrogens is 182 g/mol. The first-order chi connectivity index (χ1) is 7.16. The van der Waals surface area contributed by atoms with E-state index in [0.717, 1.165) is 0 Å². The van der Waals surface area contributed by atoms with Crippen molar-refractivity contribution in [3.8, 4) is 0 Å². The van der Waals surface area contributed by atoms with E-state index in [-0.39, 0.29) is 0 Å². The number of quaternary nitrogens is 1. The predicted molar refractivity (Wildman–Crippen MR) is 63.7 cm³/mol. The van der Waals surface area contributed by atoms with Gasteiger partial charge in [-0.1, -0.05) is 5.57 Å². The van der Waals surface area contributed by atoms with Crippen LogP contribution in [-0.4, -0.2) is 30.2 Å².